The van der Waals surface area contributed by atoms with E-state index in [0.29, 0.717) is 0 Å². The largest absolute Gasteiger partial charge is 0.310 e. The van der Waals surface area contributed by atoms with Crippen LogP contribution in [-0.2, 0) is 5.41 Å². The number of nitrogens with zero attached hydrogens (tertiary/aromatic N) is 2. The molecule has 0 fully saturated rings. The lowest BCUT2D eigenvalue weighted by Gasteiger charge is -2.35. The molecule has 10 aromatic rings. The molecular weight excluding hydrogens is 689 g/mol. The van der Waals surface area contributed by atoms with Gasteiger partial charge in [-0.2, -0.15) is 0 Å². The molecule has 1 aliphatic carbocycles. The Morgan fingerprint density at radius 1 is 0.333 bits per heavy atom. The zero-order valence-electron chi connectivity index (χ0n) is 31.3. The average Bonchev–Trinajstić information content (AvgIpc) is 3.78. The van der Waals surface area contributed by atoms with Gasteiger partial charge in [-0.1, -0.05) is 164 Å². The number of para-hydroxylation sites is 3. The van der Waals surface area contributed by atoms with E-state index in [9.17, 15) is 0 Å². The van der Waals surface area contributed by atoms with Crippen LogP contribution in [0, 0.1) is 0 Å². The van der Waals surface area contributed by atoms with Crippen molar-refractivity contribution in [2.45, 2.75) is 5.41 Å². The highest BCUT2D eigenvalue weighted by atomic mass is 15.1. The van der Waals surface area contributed by atoms with E-state index < -0.39 is 5.41 Å². The van der Waals surface area contributed by atoms with E-state index in [2.05, 4.69) is 240 Å². The van der Waals surface area contributed by atoms with Gasteiger partial charge in [0, 0.05) is 33.5 Å². The van der Waals surface area contributed by atoms with Crippen molar-refractivity contribution in [2.75, 3.05) is 4.90 Å². The number of fused-ring (bicyclic) bond motifs is 6. The summed E-state index contributed by atoms with van der Waals surface area (Å²) < 4.78 is 2.37. The van der Waals surface area contributed by atoms with E-state index in [4.69, 9.17) is 0 Å². The molecule has 9 aromatic carbocycles. The zero-order chi connectivity index (χ0) is 37.8. The van der Waals surface area contributed by atoms with Crippen molar-refractivity contribution in [2.24, 2.45) is 0 Å². The Kier molecular flexibility index (Phi) is 7.75. The zero-order valence-corrected chi connectivity index (χ0v) is 31.3. The second-order valence-corrected chi connectivity index (χ2v) is 14.9. The third kappa shape index (κ3) is 5.18. The first-order chi connectivity index (χ1) is 28.3. The highest BCUT2D eigenvalue weighted by Crippen LogP contribution is 2.57. The average molecular weight is 727 g/mol. The van der Waals surface area contributed by atoms with E-state index in [1.165, 1.54) is 72.0 Å². The number of rotatable bonds is 7. The normalized spacial score (nSPS) is 12.7. The third-order valence-corrected chi connectivity index (χ3v) is 11.9. The minimum atomic E-state index is -0.473. The van der Waals surface area contributed by atoms with E-state index >= 15 is 0 Å². The van der Waals surface area contributed by atoms with Gasteiger partial charge in [0.05, 0.1) is 16.4 Å². The van der Waals surface area contributed by atoms with Crippen molar-refractivity contribution in [3.63, 3.8) is 0 Å². The molecule has 11 rings (SSSR count). The molecular formula is C55H38N2. The molecule has 0 amide bonds. The Morgan fingerprint density at radius 3 is 1.58 bits per heavy atom. The summed E-state index contributed by atoms with van der Waals surface area (Å²) in [6.45, 7) is 0. The van der Waals surface area contributed by atoms with Crippen molar-refractivity contribution in [1.82, 2.24) is 4.57 Å². The molecule has 1 heterocycles. The third-order valence-electron chi connectivity index (χ3n) is 11.9. The summed E-state index contributed by atoms with van der Waals surface area (Å²) in [4.78, 5) is 2.39. The van der Waals surface area contributed by atoms with Gasteiger partial charge < -0.3 is 9.47 Å². The lowest BCUT2D eigenvalue weighted by atomic mass is 9.67. The smallest absolute Gasteiger partial charge is 0.0714 e. The first-order valence-corrected chi connectivity index (χ1v) is 19.7. The van der Waals surface area contributed by atoms with Gasteiger partial charge in [0.2, 0.25) is 0 Å². The van der Waals surface area contributed by atoms with Gasteiger partial charge in [0.25, 0.3) is 0 Å². The van der Waals surface area contributed by atoms with Crippen molar-refractivity contribution < 1.29 is 0 Å². The fourth-order valence-electron chi connectivity index (χ4n) is 9.41. The molecule has 2 heteroatoms. The van der Waals surface area contributed by atoms with Gasteiger partial charge in [-0.25, -0.2) is 0 Å². The summed E-state index contributed by atoms with van der Waals surface area (Å²) in [5.74, 6) is 0. The van der Waals surface area contributed by atoms with Crippen LogP contribution in [0.15, 0.2) is 231 Å². The van der Waals surface area contributed by atoms with E-state index in [1.807, 2.05) is 0 Å². The van der Waals surface area contributed by atoms with E-state index in [-0.39, 0.29) is 0 Å². The molecule has 0 spiro atoms. The Balaban J connectivity index is 1.05. The Hall–Kier alpha value is -7.42. The number of aromatic nitrogens is 1. The van der Waals surface area contributed by atoms with Crippen LogP contribution < -0.4 is 4.90 Å². The van der Waals surface area contributed by atoms with Gasteiger partial charge in [0.15, 0.2) is 0 Å². The first-order valence-electron chi connectivity index (χ1n) is 19.7. The molecule has 0 unspecified atom stereocenters. The van der Waals surface area contributed by atoms with Crippen LogP contribution in [0.5, 0.6) is 0 Å². The van der Waals surface area contributed by atoms with Crippen molar-refractivity contribution in [1.29, 1.82) is 0 Å². The molecule has 1 aliphatic rings. The van der Waals surface area contributed by atoms with Gasteiger partial charge >= 0.3 is 0 Å². The Morgan fingerprint density at radius 2 is 0.860 bits per heavy atom. The molecule has 0 N–H and O–H groups in total. The molecule has 0 saturated carbocycles. The quantitative estimate of drug-likeness (QED) is 0.159. The number of hydrogen-bond acceptors (Lipinski definition) is 1. The summed E-state index contributed by atoms with van der Waals surface area (Å²) in [6, 6.07) is 84.1. The Bertz CT molecular complexity index is 3000. The van der Waals surface area contributed by atoms with Crippen molar-refractivity contribution in [3.05, 3.63) is 253 Å². The van der Waals surface area contributed by atoms with Gasteiger partial charge in [-0.05, 0) is 111 Å². The highest BCUT2D eigenvalue weighted by molar-refractivity contribution is 6.10. The van der Waals surface area contributed by atoms with Crippen LogP contribution in [0.2, 0.25) is 0 Å². The molecule has 0 saturated heterocycles. The number of benzene rings is 9. The summed E-state index contributed by atoms with van der Waals surface area (Å²) in [6.07, 6.45) is 0. The van der Waals surface area contributed by atoms with Crippen LogP contribution in [0.3, 0.4) is 0 Å². The number of hydrogen-bond donors (Lipinski definition) is 0. The number of anilines is 3. The maximum absolute atomic E-state index is 2.44. The SMILES string of the molecule is c1ccc(N(c2ccc(-c3ccc4c(c3)c3ccccc3n4-c3ccccc3)cc2)c2ccc3c(c2)C(c2ccccc2)(c2ccccc2)c2ccccc2-3)cc1. The van der Waals surface area contributed by atoms with Crippen LogP contribution in [-0.4, -0.2) is 4.57 Å². The summed E-state index contributed by atoms with van der Waals surface area (Å²) in [7, 11) is 0. The fraction of sp³-hybridized carbons (Fsp3) is 0.0182. The lowest BCUT2D eigenvalue weighted by Crippen LogP contribution is -2.28. The van der Waals surface area contributed by atoms with E-state index in [0.717, 1.165) is 17.1 Å². The highest BCUT2D eigenvalue weighted by Gasteiger charge is 2.46. The van der Waals surface area contributed by atoms with Crippen LogP contribution in [0.25, 0.3) is 49.7 Å². The molecule has 0 atom stereocenters. The Labute approximate surface area is 333 Å². The topological polar surface area (TPSA) is 8.17 Å². The lowest BCUT2D eigenvalue weighted by molar-refractivity contribution is 0.768. The molecule has 2 nitrogen and oxygen atoms in total. The molecule has 0 aliphatic heterocycles. The first kappa shape index (κ1) is 33.0. The van der Waals surface area contributed by atoms with Crippen molar-refractivity contribution >= 4 is 38.9 Å². The minimum absolute atomic E-state index is 0.473. The van der Waals surface area contributed by atoms with Gasteiger partial charge in [-0.3, -0.25) is 0 Å². The maximum atomic E-state index is 2.44. The van der Waals surface area contributed by atoms with Crippen molar-refractivity contribution in [3.8, 4) is 27.9 Å². The molecule has 57 heavy (non-hydrogen) atoms. The van der Waals surface area contributed by atoms with Crippen LogP contribution in [0.4, 0.5) is 17.1 Å². The molecule has 1 aromatic heterocycles. The molecule has 0 bridgehead atoms. The second-order valence-electron chi connectivity index (χ2n) is 14.9. The van der Waals surface area contributed by atoms with Gasteiger partial charge in [0.1, 0.15) is 0 Å². The fourth-order valence-corrected chi connectivity index (χ4v) is 9.41. The standard InChI is InChI=1S/C55H38N2/c1-5-17-41(18-6-1)55(42-19-7-2-8-20-42)51-27-15-13-25-47(51)48-35-34-46(38-52(48)55)56(43-21-9-3-10-22-43)45-32-29-39(30-33-45)40-31-36-54-50(37-40)49-26-14-16-28-53(49)57(54)44-23-11-4-12-24-44/h1-38H. The maximum Gasteiger partial charge on any atom is 0.0714 e. The minimum Gasteiger partial charge on any atom is -0.310 e. The molecule has 268 valence electrons. The summed E-state index contributed by atoms with van der Waals surface area (Å²) >= 11 is 0. The summed E-state index contributed by atoms with van der Waals surface area (Å²) in [5, 5.41) is 2.51. The van der Waals surface area contributed by atoms with E-state index in [1.54, 1.807) is 0 Å². The monoisotopic (exact) mass is 726 g/mol. The summed E-state index contributed by atoms with van der Waals surface area (Å²) in [5.41, 5.74) is 16.5. The molecule has 0 radical (unpaired) electrons. The predicted octanol–water partition coefficient (Wildman–Crippen LogP) is 14.3. The van der Waals surface area contributed by atoms with Crippen LogP contribution >= 0.6 is 0 Å². The predicted molar refractivity (Wildman–Crippen MR) is 238 cm³/mol. The van der Waals surface area contributed by atoms with Gasteiger partial charge in [-0.15, -0.1) is 0 Å². The second kappa shape index (κ2) is 13.4. The van der Waals surface area contributed by atoms with Crippen LogP contribution in [0.1, 0.15) is 22.3 Å².